The third-order valence-electron chi connectivity index (χ3n) is 3.88. The number of aryl methyl sites for hydroxylation is 1. The van der Waals surface area contributed by atoms with E-state index in [4.69, 9.17) is 4.74 Å². The molecule has 0 spiro atoms. The number of carbonyl (C=O) groups is 1. The van der Waals surface area contributed by atoms with Crippen molar-refractivity contribution in [3.63, 3.8) is 0 Å². The first kappa shape index (κ1) is 19.9. The number of pyridine rings is 1. The van der Waals surface area contributed by atoms with Crippen molar-refractivity contribution in [2.75, 3.05) is 6.61 Å². The van der Waals surface area contributed by atoms with Gasteiger partial charge in [-0.25, -0.2) is 4.79 Å². The van der Waals surface area contributed by atoms with Crippen LogP contribution in [0.15, 0.2) is 42.6 Å². The first-order chi connectivity index (χ1) is 12.3. The van der Waals surface area contributed by atoms with E-state index in [1.807, 2.05) is 31.3 Å². The Bertz CT molecular complexity index is 724. The lowest BCUT2D eigenvalue weighted by molar-refractivity contribution is 0.0483. The lowest BCUT2D eigenvalue weighted by Crippen LogP contribution is -2.42. The van der Waals surface area contributed by atoms with Gasteiger partial charge in [-0.15, -0.1) is 0 Å². The quantitative estimate of drug-likeness (QED) is 0.832. The number of hydrogen-bond acceptors (Lipinski definition) is 4. The van der Waals surface area contributed by atoms with Crippen LogP contribution in [0.25, 0.3) is 0 Å². The molecule has 26 heavy (non-hydrogen) atoms. The van der Waals surface area contributed by atoms with Crippen molar-refractivity contribution in [3.8, 4) is 0 Å². The molecule has 0 fully saturated rings. The molecule has 2 rings (SSSR count). The maximum atomic E-state index is 11.9. The van der Waals surface area contributed by atoms with Gasteiger partial charge in [0.05, 0.1) is 12.6 Å². The molecule has 0 aliphatic carbocycles. The predicted octanol–water partition coefficient (Wildman–Crippen LogP) is 3.41. The summed E-state index contributed by atoms with van der Waals surface area (Å²) in [5, 5.41) is 12.3. The molecular weight excluding hydrogens is 328 g/mol. The van der Waals surface area contributed by atoms with Gasteiger partial charge in [0.25, 0.3) is 0 Å². The lowest BCUT2D eigenvalue weighted by atomic mass is 10.0. The van der Waals surface area contributed by atoms with Crippen molar-refractivity contribution in [1.29, 1.82) is 0 Å². The van der Waals surface area contributed by atoms with Crippen LogP contribution in [-0.4, -0.2) is 34.4 Å². The highest BCUT2D eigenvalue weighted by Crippen LogP contribution is 2.14. The van der Waals surface area contributed by atoms with Crippen molar-refractivity contribution < 1.29 is 14.6 Å². The van der Waals surface area contributed by atoms with Crippen molar-refractivity contribution >= 4 is 6.09 Å². The summed E-state index contributed by atoms with van der Waals surface area (Å²) in [5.74, 6) is 0. The molecule has 1 atom stereocenters. The Hall–Kier alpha value is -2.40. The molecule has 5 nitrogen and oxygen atoms in total. The van der Waals surface area contributed by atoms with Gasteiger partial charge in [0.15, 0.2) is 0 Å². The summed E-state index contributed by atoms with van der Waals surface area (Å²) in [4.78, 5) is 16.5. The molecule has 0 aliphatic heterocycles. The highest BCUT2D eigenvalue weighted by Gasteiger charge is 2.19. The molecule has 0 radical (unpaired) electrons. The Labute approximate surface area is 155 Å². The summed E-state index contributed by atoms with van der Waals surface area (Å²) in [6.45, 7) is 7.28. The maximum absolute atomic E-state index is 11.9. The molecule has 1 amide bonds. The molecule has 2 aromatic rings. The molecule has 1 aromatic carbocycles. The third-order valence-corrected chi connectivity index (χ3v) is 3.88. The Morgan fingerprint density at radius 2 is 1.92 bits per heavy atom. The fourth-order valence-electron chi connectivity index (χ4n) is 2.67. The third kappa shape index (κ3) is 6.48. The Morgan fingerprint density at radius 1 is 1.23 bits per heavy atom. The fourth-order valence-corrected chi connectivity index (χ4v) is 2.67. The van der Waals surface area contributed by atoms with E-state index in [1.165, 1.54) is 5.56 Å². The molecule has 1 unspecified atom stereocenters. The van der Waals surface area contributed by atoms with Crippen LogP contribution < -0.4 is 5.32 Å². The standard InChI is InChI=1S/C21H28N2O3/c1-15-10-17(11-18(14-24)23-20(25)26-21(2,3)4)13-22-19(15)12-16-8-6-5-7-9-16/h5-10,13,18,24H,11-12,14H2,1-4H3,(H,23,25). The highest BCUT2D eigenvalue weighted by molar-refractivity contribution is 5.68. The fraction of sp³-hybridized carbons (Fsp3) is 0.429. The van der Waals surface area contributed by atoms with E-state index in [-0.39, 0.29) is 6.61 Å². The van der Waals surface area contributed by atoms with Crippen molar-refractivity contribution in [1.82, 2.24) is 10.3 Å². The monoisotopic (exact) mass is 356 g/mol. The first-order valence-corrected chi connectivity index (χ1v) is 8.85. The molecule has 0 saturated carbocycles. The van der Waals surface area contributed by atoms with Crippen molar-refractivity contribution in [3.05, 3.63) is 65.0 Å². The molecule has 1 heterocycles. The van der Waals surface area contributed by atoms with Crippen molar-refractivity contribution in [2.45, 2.75) is 52.2 Å². The van der Waals surface area contributed by atoms with Gasteiger partial charge < -0.3 is 15.2 Å². The number of hydrogen-bond donors (Lipinski definition) is 2. The number of nitrogens with one attached hydrogen (secondary N) is 1. The number of amides is 1. The van der Waals surface area contributed by atoms with E-state index in [0.29, 0.717) is 6.42 Å². The number of aliphatic hydroxyl groups is 1. The number of rotatable bonds is 6. The number of benzene rings is 1. The van der Waals surface area contributed by atoms with Gasteiger partial charge in [-0.1, -0.05) is 36.4 Å². The molecule has 1 aromatic heterocycles. The Morgan fingerprint density at radius 3 is 2.50 bits per heavy atom. The Kier molecular flexibility index (Phi) is 6.75. The SMILES string of the molecule is Cc1cc(CC(CO)NC(=O)OC(C)(C)C)cnc1Cc1ccccc1. The number of ether oxygens (including phenoxy) is 1. The number of carbonyl (C=O) groups excluding carboxylic acids is 1. The number of aromatic nitrogens is 1. The van der Waals surface area contributed by atoms with E-state index in [9.17, 15) is 9.90 Å². The van der Waals surface area contributed by atoms with Crippen LogP contribution in [0.3, 0.4) is 0 Å². The van der Waals surface area contributed by atoms with Gasteiger partial charge in [0.2, 0.25) is 0 Å². The van der Waals surface area contributed by atoms with Crippen LogP contribution in [0, 0.1) is 6.92 Å². The zero-order valence-corrected chi connectivity index (χ0v) is 16.0. The van der Waals surface area contributed by atoms with E-state index in [0.717, 1.165) is 23.2 Å². The summed E-state index contributed by atoms with van der Waals surface area (Å²) >= 11 is 0. The van der Waals surface area contributed by atoms with Crippen LogP contribution in [0.4, 0.5) is 4.79 Å². The van der Waals surface area contributed by atoms with Gasteiger partial charge in [-0.05, 0) is 50.8 Å². The summed E-state index contributed by atoms with van der Waals surface area (Å²) in [5.41, 5.74) is 3.74. The van der Waals surface area contributed by atoms with Crippen LogP contribution in [0.1, 0.15) is 43.2 Å². The van der Waals surface area contributed by atoms with E-state index < -0.39 is 17.7 Å². The van der Waals surface area contributed by atoms with E-state index >= 15 is 0 Å². The minimum absolute atomic E-state index is 0.163. The molecule has 0 aliphatic rings. The van der Waals surface area contributed by atoms with Gasteiger partial charge in [-0.2, -0.15) is 0 Å². The summed E-state index contributed by atoms with van der Waals surface area (Å²) in [6, 6.07) is 11.9. The minimum Gasteiger partial charge on any atom is -0.444 e. The topological polar surface area (TPSA) is 71.5 Å². The number of nitrogens with zero attached hydrogens (tertiary/aromatic N) is 1. The van der Waals surface area contributed by atoms with Gasteiger partial charge in [0, 0.05) is 18.3 Å². The molecule has 5 heteroatoms. The van der Waals surface area contributed by atoms with Crippen LogP contribution in [-0.2, 0) is 17.6 Å². The largest absolute Gasteiger partial charge is 0.444 e. The number of alkyl carbamates (subject to hydrolysis) is 1. The molecule has 140 valence electrons. The molecule has 2 N–H and O–H groups in total. The van der Waals surface area contributed by atoms with Crippen molar-refractivity contribution in [2.24, 2.45) is 0 Å². The zero-order chi connectivity index (χ0) is 19.2. The summed E-state index contributed by atoms with van der Waals surface area (Å²) < 4.78 is 5.24. The average Bonchev–Trinajstić information content (AvgIpc) is 2.56. The Balaban J connectivity index is 2.00. The van der Waals surface area contributed by atoms with Gasteiger partial charge in [0.1, 0.15) is 5.60 Å². The minimum atomic E-state index is -0.568. The summed E-state index contributed by atoms with van der Waals surface area (Å²) in [7, 11) is 0. The summed E-state index contributed by atoms with van der Waals surface area (Å²) in [6.07, 6.45) is 2.56. The van der Waals surface area contributed by atoms with Crippen LogP contribution >= 0.6 is 0 Å². The van der Waals surface area contributed by atoms with Crippen LogP contribution in [0.2, 0.25) is 0 Å². The zero-order valence-electron chi connectivity index (χ0n) is 16.0. The molecule has 0 saturated heterocycles. The number of aliphatic hydroxyl groups excluding tert-OH is 1. The molecule has 0 bridgehead atoms. The van der Waals surface area contributed by atoms with Gasteiger partial charge in [-0.3, -0.25) is 4.98 Å². The smallest absolute Gasteiger partial charge is 0.407 e. The van der Waals surface area contributed by atoms with E-state index in [2.05, 4.69) is 28.5 Å². The highest BCUT2D eigenvalue weighted by atomic mass is 16.6. The average molecular weight is 356 g/mol. The first-order valence-electron chi connectivity index (χ1n) is 8.85. The normalized spacial score (nSPS) is 12.5. The second kappa shape index (κ2) is 8.81. The van der Waals surface area contributed by atoms with E-state index in [1.54, 1.807) is 20.8 Å². The predicted molar refractivity (Wildman–Crippen MR) is 102 cm³/mol. The second-order valence-electron chi connectivity index (χ2n) is 7.50. The van der Waals surface area contributed by atoms with Crippen LogP contribution in [0.5, 0.6) is 0 Å². The van der Waals surface area contributed by atoms with Gasteiger partial charge >= 0.3 is 6.09 Å². The molecular formula is C21H28N2O3. The second-order valence-corrected chi connectivity index (χ2v) is 7.50. The lowest BCUT2D eigenvalue weighted by Gasteiger charge is -2.23. The maximum Gasteiger partial charge on any atom is 0.407 e.